The molecular weight excluding hydrogens is 255 g/mol. The van der Waals surface area contributed by atoms with Gasteiger partial charge in [0, 0.05) is 0 Å². The summed E-state index contributed by atoms with van der Waals surface area (Å²) in [6.45, 7) is 0.265. The highest BCUT2D eigenvalue weighted by Gasteiger charge is 2.42. The molecule has 0 aromatic rings. The fraction of sp³-hybridized carbons (Fsp3) is 0.750. The number of nitrogens with zero attached hydrogens (tertiary/aromatic N) is 1. The van der Waals surface area contributed by atoms with Crippen LogP contribution in [0.3, 0.4) is 0 Å². The largest absolute Gasteiger partial charge is 0.471 e. The van der Waals surface area contributed by atoms with Gasteiger partial charge in [0.15, 0.2) is 5.96 Å². The number of nitrogens with two attached hydrogens (primary N) is 2. The molecule has 0 aromatic carbocycles. The van der Waals surface area contributed by atoms with E-state index in [0.717, 1.165) is 0 Å². The number of halogens is 3. The molecule has 1 amide bonds. The molecule has 1 heterocycles. The van der Waals surface area contributed by atoms with Crippen LogP contribution >= 0.6 is 0 Å². The first kappa shape index (κ1) is 14.5. The Balaban J connectivity index is 2.67. The summed E-state index contributed by atoms with van der Waals surface area (Å²) in [7, 11) is 0. The van der Waals surface area contributed by atoms with Crippen LogP contribution in [0, 0.1) is 0 Å². The highest BCUT2D eigenvalue weighted by Crippen LogP contribution is 2.17. The zero-order chi connectivity index (χ0) is 13.9. The number of alkyl halides is 3. The third kappa shape index (κ3) is 3.74. The maximum absolute atomic E-state index is 12.0. The van der Waals surface area contributed by atoms with Gasteiger partial charge < -0.3 is 21.9 Å². The second-order valence-corrected chi connectivity index (χ2v) is 3.80. The third-order valence-electron chi connectivity index (χ3n) is 2.40. The summed E-state index contributed by atoms with van der Waals surface area (Å²) in [5, 5.41) is 13.9. The van der Waals surface area contributed by atoms with E-state index in [-0.39, 0.29) is 12.5 Å². The molecular formula is C8H14F3N5O2. The minimum atomic E-state index is -5.01. The van der Waals surface area contributed by atoms with Crippen LogP contribution in [0.15, 0.2) is 4.99 Å². The van der Waals surface area contributed by atoms with Gasteiger partial charge in [0.05, 0.1) is 6.04 Å². The smallest absolute Gasteiger partial charge is 0.387 e. The predicted molar refractivity (Wildman–Crippen MR) is 56.2 cm³/mol. The van der Waals surface area contributed by atoms with E-state index in [2.05, 4.69) is 10.3 Å². The first-order chi connectivity index (χ1) is 8.21. The topological polar surface area (TPSA) is 126 Å². The average molecular weight is 269 g/mol. The number of aliphatic hydroxyl groups excluding tert-OH is 1. The number of aliphatic hydroxyl groups is 1. The Labute approximate surface area is 100 Å². The number of nitrogens with one attached hydrogen (secondary N) is 2. The number of rotatable bonds is 2. The molecule has 1 fully saturated rings. The fourth-order valence-electron chi connectivity index (χ4n) is 1.59. The molecule has 1 rings (SSSR count). The van der Waals surface area contributed by atoms with Crippen molar-refractivity contribution < 1.29 is 23.1 Å². The van der Waals surface area contributed by atoms with Gasteiger partial charge in [-0.05, 0) is 13.0 Å². The SMILES string of the molecule is NC(N)=N[C@H]1CCNC(NC(=O)C(F)(F)F)[C@@H]1O. The molecule has 0 bridgehead atoms. The molecule has 104 valence electrons. The summed E-state index contributed by atoms with van der Waals surface area (Å²) in [4.78, 5) is 14.4. The highest BCUT2D eigenvalue weighted by atomic mass is 19.4. The zero-order valence-corrected chi connectivity index (χ0v) is 9.24. The van der Waals surface area contributed by atoms with Crippen molar-refractivity contribution in [1.29, 1.82) is 0 Å². The van der Waals surface area contributed by atoms with Gasteiger partial charge in [0.1, 0.15) is 12.3 Å². The van der Waals surface area contributed by atoms with E-state index in [1.165, 1.54) is 0 Å². The number of piperidine rings is 1. The Morgan fingerprint density at radius 3 is 2.56 bits per heavy atom. The van der Waals surface area contributed by atoms with Crippen molar-refractivity contribution in [2.75, 3.05) is 6.54 Å². The standard InChI is InChI=1S/C8H14F3N5O2/c9-8(10,11)6(18)16-5-4(17)3(1-2-14-5)15-7(12)13/h3-5,14,17H,1-2H2,(H,16,18)(H4,12,13,15)/t3-,4+,5?/m0/s1. The Kier molecular flexibility index (Phi) is 4.35. The van der Waals surface area contributed by atoms with Crippen LogP contribution in [0.1, 0.15) is 6.42 Å². The molecule has 1 aliphatic heterocycles. The highest BCUT2D eigenvalue weighted by molar-refractivity contribution is 5.82. The molecule has 18 heavy (non-hydrogen) atoms. The minimum absolute atomic E-state index is 0.265. The van der Waals surface area contributed by atoms with Crippen molar-refractivity contribution in [3.05, 3.63) is 0 Å². The van der Waals surface area contributed by atoms with Crippen molar-refractivity contribution in [2.45, 2.75) is 30.9 Å². The number of amides is 1. The Bertz CT molecular complexity index is 342. The maximum atomic E-state index is 12.0. The number of carbonyl (C=O) groups is 1. The lowest BCUT2D eigenvalue weighted by Gasteiger charge is -2.34. The molecule has 0 saturated carbocycles. The van der Waals surface area contributed by atoms with E-state index in [9.17, 15) is 23.1 Å². The van der Waals surface area contributed by atoms with Crippen LogP contribution in [-0.4, -0.2) is 48.0 Å². The van der Waals surface area contributed by atoms with Crippen LogP contribution < -0.4 is 22.1 Å². The lowest BCUT2D eigenvalue weighted by atomic mass is 10.0. The summed E-state index contributed by atoms with van der Waals surface area (Å²) in [6, 6.07) is -0.755. The summed E-state index contributed by atoms with van der Waals surface area (Å²) in [5.41, 5.74) is 10.3. The second kappa shape index (κ2) is 5.40. The van der Waals surface area contributed by atoms with Crippen LogP contribution in [0.5, 0.6) is 0 Å². The monoisotopic (exact) mass is 269 g/mol. The summed E-state index contributed by atoms with van der Waals surface area (Å²) in [6.07, 6.45) is -7.25. The van der Waals surface area contributed by atoms with E-state index < -0.39 is 30.4 Å². The number of carbonyl (C=O) groups excluding carboxylic acids is 1. The molecule has 0 radical (unpaired) electrons. The van der Waals surface area contributed by atoms with Gasteiger partial charge in [0.2, 0.25) is 0 Å². The first-order valence-electron chi connectivity index (χ1n) is 5.09. The van der Waals surface area contributed by atoms with Gasteiger partial charge in [-0.25, -0.2) is 4.99 Å². The van der Waals surface area contributed by atoms with Crippen molar-refractivity contribution in [3.8, 4) is 0 Å². The van der Waals surface area contributed by atoms with Crippen LogP contribution in [-0.2, 0) is 4.79 Å². The van der Waals surface area contributed by atoms with Crippen LogP contribution in [0.2, 0.25) is 0 Å². The maximum Gasteiger partial charge on any atom is 0.471 e. The van der Waals surface area contributed by atoms with Gasteiger partial charge in [-0.3, -0.25) is 10.1 Å². The number of guanidine groups is 1. The molecule has 3 atom stereocenters. The van der Waals surface area contributed by atoms with Crippen molar-refractivity contribution >= 4 is 11.9 Å². The molecule has 7 N–H and O–H groups in total. The fourth-order valence-corrected chi connectivity index (χ4v) is 1.59. The molecule has 0 aliphatic carbocycles. The molecule has 7 nitrogen and oxygen atoms in total. The van der Waals surface area contributed by atoms with Gasteiger partial charge in [-0.1, -0.05) is 0 Å². The van der Waals surface area contributed by atoms with Gasteiger partial charge >= 0.3 is 12.1 Å². The lowest BCUT2D eigenvalue weighted by molar-refractivity contribution is -0.175. The second-order valence-electron chi connectivity index (χ2n) is 3.80. The molecule has 0 aromatic heterocycles. The molecule has 1 saturated heterocycles. The molecule has 10 heteroatoms. The Morgan fingerprint density at radius 2 is 2.06 bits per heavy atom. The first-order valence-corrected chi connectivity index (χ1v) is 5.09. The van der Waals surface area contributed by atoms with E-state index in [1.54, 1.807) is 5.32 Å². The van der Waals surface area contributed by atoms with Gasteiger partial charge in [0.25, 0.3) is 0 Å². The quantitative estimate of drug-likeness (QED) is 0.292. The lowest BCUT2D eigenvalue weighted by Crippen LogP contribution is -2.62. The van der Waals surface area contributed by atoms with Crippen molar-refractivity contribution in [1.82, 2.24) is 10.6 Å². The molecule has 1 unspecified atom stereocenters. The van der Waals surface area contributed by atoms with Crippen molar-refractivity contribution in [3.63, 3.8) is 0 Å². The number of aliphatic imine (C=N–C) groups is 1. The van der Waals surface area contributed by atoms with E-state index in [0.29, 0.717) is 6.42 Å². The summed E-state index contributed by atoms with van der Waals surface area (Å²) in [5.74, 6) is -2.41. The molecule has 1 aliphatic rings. The number of hydrogen-bond donors (Lipinski definition) is 5. The van der Waals surface area contributed by atoms with E-state index in [1.807, 2.05) is 0 Å². The number of hydrogen-bond acceptors (Lipinski definition) is 4. The van der Waals surface area contributed by atoms with Crippen LogP contribution in [0.25, 0.3) is 0 Å². The zero-order valence-electron chi connectivity index (χ0n) is 9.24. The van der Waals surface area contributed by atoms with Gasteiger partial charge in [-0.2, -0.15) is 13.2 Å². The van der Waals surface area contributed by atoms with Crippen LogP contribution in [0.4, 0.5) is 13.2 Å². The summed E-state index contributed by atoms with van der Waals surface area (Å²) < 4.78 is 36.1. The average Bonchev–Trinajstić information content (AvgIpc) is 2.21. The van der Waals surface area contributed by atoms with Gasteiger partial charge in [-0.15, -0.1) is 0 Å². The minimum Gasteiger partial charge on any atom is -0.387 e. The Hall–Kier alpha value is -1.55. The normalized spacial score (nSPS) is 28.6. The van der Waals surface area contributed by atoms with E-state index >= 15 is 0 Å². The Morgan fingerprint density at radius 1 is 1.44 bits per heavy atom. The van der Waals surface area contributed by atoms with Crippen molar-refractivity contribution in [2.24, 2.45) is 16.5 Å². The summed E-state index contributed by atoms with van der Waals surface area (Å²) >= 11 is 0. The predicted octanol–water partition coefficient (Wildman–Crippen LogP) is -2.01. The molecule has 0 spiro atoms. The van der Waals surface area contributed by atoms with E-state index in [4.69, 9.17) is 11.5 Å². The third-order valence-corrected chi connectivity index (χ3v) is 2.40.